The fourth-order valence-corrected chi connectivity index (χ4v) is 3.24. The summed E-state index contributed by atoms with van der Waals surface area (Å²) in [6.07, 6.45) is 5.55. The first-order valence-electron chi connectivity index (χ1n) is 9.31. The summed E-state index contributed by atoms with van der Waals surface area (Å²) in [5.41, 5.74) is 2.21. The number of hydrogen-bond acceptors (Lipinski definition) is 4. The Morgan fingerprint density at radius 3 is 2.54 bits per heavy atom. The third-order valence-electron chi connectivity index (χ3n) is 4.90. The fraction of sp³-hybridized carbons (Fsp3) is 0.526. The summed E-state index contributed by atoms with van der Waals surface area (Å²) in [5.74, 6) is 0.869. The Labute approximate surface area is 155 Å². The molecule has 1 aliphatic rings. The molecule has 0 spiro atoms. The van der Waals surface area contributed by atoms with Gasteiger partial charge in [-0.3, -0.25) is 4.99 Å². The molecule has 26 heavy (non-hydrogen) atoms. The van der Waals surface area contributed by atoms with Gasteiger partial charge in [-0.05, 0) is 44.4 Å². The van der Waals surface area contributed by atoms with Gasteiger partial charge >= 0.3 is 0 Å². The van der Waals surface area contributed by atoms with Crippen molar-refractivity contribution < 1.29 is 0 Å². The van der Waals surface area contributed by atoms with Gasteiger partial charge < -0.3 is 15.5 Å². The largest absolute Gasteiger partial charge is 0.354 e. The number of nitrogens with zero attached hydrogens (tertiary/aromatic N) is 5. The highest BCUT2D eigenvalue weighted by molar-refractivity contribution is 5.79. The summed E-state index contributed by atoms with van der Waals surface area (Å²) in [6, 6.07) is 9.41. The third kappa shape index (κ3) is 4.82. The SMILES string of the molecule is CN=C(NCc1ccc(-n2cncn2)cc1)NC1CCN(C(C)C)CC1. The number of guanidine groups is 1. The van der Waals surface area contributed by atoms with Crippen LogP contribution >= 0.6 is 0 Å². The van der Waals surface area contributed by atoms with Crippen LogP contribution in [0.4, 0.5) is 0 Å². The maximum absolute atomic E-state index is 4.37. The molecule has 0 atom stereocenters. The minimum absolute atomic E-state index is 0.492. The van der Waals surface area contributed by atoms with Gasteiger partial charge in [-0.25, -0.2) is 9.67 Å². The number of rotatable bonds is 5. The topological polar surface area (TPSA) is 70.4 Å². The lowest BCUT2D eigenvalue weighted by molar-refractivity contribution is 0.167. The first-order valence-corrected chi connectivity index (χ1v) is 9.31. The van der Waals surface area contributed by atoms with Gasteiger partial charge in [-0.1, -0.05) is 12.1 Å². The number of hydrogen-bond donors (Lipinski definition) is 2. The minimum Gasteiger partial charge on any atom is -0.354 e. The van der Waals surface area contributed by atoms with Crippen LogP contribution in [-0.4, -0.2) is 57.8 Å². The maximum atomic E-state index is 4.37. The zero-order chi connectivity index (χ0) is 18.4. The molecule has 0 radical (unpaired) electrons. The Morgan fingerprint density at radius 1 is 1.23 bits per heavy atom. The van der Waals surface area contributed by atoms with Crippen molar-refractivity contribution in [2.24, 2.45) is 4.99 Å². The molecule has 7 heteroatoms. The van der Waals surface area contributed by atoms with Crippen LogP contribution in [0.3, 0.4) is 0 Å². The highest BCUT2D eigenvalue weighted by atomic mass is 15.3. The van der Waals surface area contributed by atoms with Crippen molar-refractivity contribution in [3.63, 3.8) is 0 Å². The molecular weight excluding hydrogens is 326 g/mol. The summed E-state index contributed by atoms with van der Waals surface area (Å²) in [4.78, 5) is 10.9. The molecule has 2 aromatic rings. The summed E-state index contributed by atoms with van der Waals surface area (Å²) in [5, 5.41) is 11.1. The van der Waals surface area contributed by atoms with Crippen molar-refractivity contribution in [3.05, 3.63) is 42.5 Å². The molecule has 2 N–H and O–H groups in total. The molecule has 1 fully saturated rings. The second-order valence-corrected chi connectivity index (χ2v) is 6.98. The van der Waals surface area contributed by atoms with E-state index in [2.05, 4.69) is 56.6 Å². The first-order chi connectivity index (χ1) is 12.7. The lowest BCUT2D eigenvalue weighted by Crippen LogP contribution is -2.49. The number of piperidine rings is 1. The van der Waals surface area contributed by atoms with E-state index in [1.807, 2.05) is 19.2 Å². The standard InChI is InChI=1S/C19H29N7/c1-15(2)25-10-8-17(9-11-25)24-19(20-3)22-12-16-4-6-18(7-5-16)26-14-21-13-23-26/h4-7,13-15,17H,8-12H2,1-3H3,(H2,20,22,24). The van der Waals surface area contributed by atoms with Gasteiger partial charge in [0.05, 0.1) is 5.69 Å². The third-order valence-corrected chi connectivity index (χ3v) is 4.90. The molecule has 1 aromatic carbocycles. The number of aromatic nitrogens is 3. The van der Waals surface area contributed by atoms with E-state index in [0.717, 1.165) is 44.1 Å². The lowest BCUT2D eigenvalue weighted by Gasteiger charge is -2.35. The zero-order valence-corrected chi connectivity index (χ0v) is 15.9. The second kappa shape index (κ2) is 8.80. The van der Waals surface area contributed by atoms with Crippen molar-refractivity contribution in [1.29, 1.82) is 0 Å². The van der Waals surface area contributed by atoms with Gasteiger partial charge in [0.2, 0.25) is 0 Å². The van der Waals surface area contributed by atoms with E-state index in [-0.39, 0.29) is 0 Å². The Morgan fingerprint density at radius 2 is 1.96 bits per heavy atom. The van der Waals surface area contributed by atoms with Crippen LogP contribution in [0.15, 0.2) is 41.9 Å². The van der Waals surface area contributed by atoms with Gasteiger partial charge in [0, 0.05) is 38.8 Å². The van der Waals surface area contributed by atoms with Crippen molar-refractivity contribution in [3.8, 4) is 5.69 Å². The highest BCUT2D eigenvalue weighted by Crippen LogP contribution is 2.13. The normalized spacial score (nSPS) is 16.8. The molecule has 1 aromatic heterocycles. The highest BCUT2D eigenvalue weighted by Gasteiger charge is 2.21. The Kier molecular flexibility index (Phi) is 6.22. The molecule has 1 saturated heterocycles. The van der Waals surface area contributed by atoms with E-state index in [1.54, 1.807) is 11.0 Å². The van der Waals surface area contributed by atoms with E-state index >= 15 is 0 Å². The molecule has 0 unspecified atom stereocenters. The van der Waals surface area contributed by atoms with Gasteiger partial charge in [0.25, 0.3) is 0 Å². The Balaban J connectivity index is 1.47. The number of benzene rings is 1. The van der Waals surface area contributed by atoms with E-state index in [9.17, 15) is 0 Å². The monoisotopic (exact) mass is 355 g/mol. The molecule has 0 bridgehead atoms. The maximum Gasteiger partial charge on any atom is 0.191 e. The van der Waals surface area contributed by atoms with Crippen LogP contribution in [0, 0.1) is 0 Å². The van der Waals surface area contributed by atoms with Gasteiger partial charge in [-0.2, -0.15) is 5.10 Å². The van der Waals surface area contributed by atoms with E-state index in [0.29, 0.717) is 12.1 Å². The molecular formula is C19H29N7. The average molecular weight is 355 g/mol. The molecule has 7 nitrogen and oxygen atoms in total. The average Bonchev–Trinajstić information content (AvgIpc) is 3.20. The first kappa shape index (κ1) is 18.4. The number of aliphatic imine (C=N–C) groups is 1. The predicted octanol–water partition coefficient (Wildman–Crippen LogP) is 1.81. The van der Waals surface area contributed by atoms with Crippen molar-refractivity contribution >= 4 is 5.96 Å². The van der Waals surface area contributed by atoms with Crippen LogP contribution in [0.25, 0.3) is 5.69 Å². The quantitative estimate of drug-likeness (QED) is 0.632. The molecule has 0 amide bonds. The van der Waals surface area contributed by atoms with Crippen molar-refractivity contribution in [2.75, 3.05) is 20.1 Å². The van der Waals surface area contributed by atoms with Crippen LogP contribution in [-0.2, 0) is 6.54 Å². The Bertz CT molecular complexity index is 683. The van der Waals surface area contributed by atoms with E-state index in [4.69, 9.17) is 0 Å². The van der Waals surface area contributed by atoms with Crippen molar-refractivity contribution in [1.82, 2.24) is 30.3 Å². The van der Waals surface area contributed by atoms with E-state index < -0.39 is 0 Å². The summed E-state index contributed by atoms with van der Waals surface area (Å²) in [6.45, 7) is 7.57. The van der Waals surface area contributed by atoms with Gasteiger partial charge in [0.15, 0.2) is 5.96 Å². The summed E-state index contributed by atoms with van der Waals surface area (Å²) >= 11 is 0. The van der Waals surface area contributed by atoms with Crippen LogP contribution < -0.4 is 10.6 Å². The van der Waals surface area contributed by atoms with Crippen LogP contribution in [0.2, 0.25) is 0 Å². The summed E-state index contributed by atoms with van der Waals surface area (Å²) < 4.78 is 1.75. The lowest BCUT2D eigenvalue weighted by atomic mass is 10.0. The molecule has 140 valence electrons. The molecule has 1 aliphatic heterocycles. The number of likely N-dealkylation sites (tertiary alicyclic amines) is 1. The van der Waals surface area contributed by atoms with Crippen LogP contribution in [0.1, 0.15) is 32.3 Å². The smallest absolute Gasteiger partial charge is 0.191 e. The zero-order valence-electron chi connectivity index (χ0n) is 15.9. The Hall–Kier alpha value is -2.41. The predicted molar refractivity (Wildman–Crippen MR) is 104 cm³/mol. The number of nitrogens with one attached hydrogen (secondary N) is 2. The van der Waals surface area contributed by atoms with Crippen molar-refractivity contribution in [2.45, 2.75) is 45.3 Å². The molecule has 0 saturated carbocycles. The fourth-order valence-electron chi connectivity index (χ4n) is 3.24. The van der Waals surface area contributed by atoms with Gasteiger partial charge in [0.1, 0.15) is 12.7 Å². The minimum atomic E-state index is 0.492. The molecule has 3 rings (SSSR count). The van der Waals surface area contributed by atoms with Crippen LogP contribution in [0.5, 0.6) is 0 Å². The molecule has 2 heterocycles. The van der Waals surface area contributed by atoms with E-state index in [1.165, 1.54) is 11.9 Å². The van der Waals surface area contributed by atoms with Gasteiger partial charge in [-0.15, -0.1) is 0 Å². The second-order valence-electron chi connectivity index (χ2n) is 6.98. The summed E-state index contributed by atoms with van der Waals surface area (Å²) in [7, 11) is 1.83. The molecule has 0 aliphatic carbocycles.